The molecule has 3 unspecified atom stereocenters. The van der Waals surface area contributed by atoms with E-state index in [1.165, 1.54) is 0 Å². The number of likely N-dealkylation sites (tertiary alicyclic amines) is 1. The highest BCUT2D eigenvalue weighted by molar-refractivity contribution is 6.43. The average Bonchev–Trinajstić information content (AvgIpc) is 3.37. The highest BCUT2D eigenvalue weighted by atomic mass is 16.5. The second-order valence-electron chi connectivity index (χ2n) is 7.26. The first-order valence-electron chi connectivity index (χ1n) is 9.31. The minimum atomic E-state index is -1.17. The van der Waals surface area contributed by atoms with Crippen molar-refractivity contribution >= 4 is 23.4 Å². The van der Waals surface area contributed by atoms with Gasteiger partial charge in [-0.05, 0) is 38.3 Å². The number of carbonyl (C=O) groups is 4. The lowest BCUT2D eigenvalue weighted by Crippen LogP contribution is -2.48. The number of furan rings is 1. The van der Waals surface area contributed by atoms with Crippen LogP contribution in [0.3, 0.4) is 0 Å². The van der Waals surface area contributed by atoms with Gasteiger partial charge in [-0.1, -0.05) is 19.8 Å². The third kappa shape index (κ3) is 3.53. The molecule has 146 valence electrons. The first-order valence-corrected chi connectivity index (χ1v) is 9.31. The van der Waals surface area contributed by atoms with Crippen molar-refractivity contribution in [1.29, 1.82) is 0 Å². The molecule has 27 heavy (non-hydrogen) atoms. The van der Waals surface area contributed by atoms with Crippen molar-refractivity contribution < 1.29 is 28.8 Å². The van der Waals surface area contributed by atoms with Gasteiger partial charge in [-0.3, -0.25) is 24.4 Å². The number of hydrogen-bond acceptors (Lipinski definition) is 6. The molecular weight excluding hydrogens is 352 g/mol. The molecule has 1 aliphatic carbocycles. The summed E-state index contributed by atoms with van der Waals surface area (Å²) in [4.78, 5) is 51.7. The summed E-state index contributed by atoms with van der Waals surface area (Å²) in [6.45, 7) is 3.65. The number of unbranched alkanes of at least 4 members (excludes halogenated alkanes) is 1. The van der Waals surface area contributed by atoms with Gasteiger partial charge in [-0.2, -0.15) is 0 Å². The minimum absolute atomic E-state index is 0.217. The molecular formula is C19H24N2O6. The quantitative estimate of drug-likeness (QED) is 0.309. The van der Waals surface area contributed by atoms with Gasteiger partial charge in [0.25, 0.3) is 11.8 Å². The number of nitrogens with one attached hydrogen (secondary N) is 1. The Morgan fingerprint density at radius 3 is 2.56 bits per heavy atom. The second kappa shape index (κ2) is 7.64. The number of rotatable bonds is 8. The number of Topliss-reactive ketones (excluding diaryl/α,β-unsaturated/α-hetero) is 2. The lowest BCUT2D eigenvalue weighted by atomic mass is 9.89. The highest BCUT2D eigenvalue weighted by Gasteiger charge is 2.57. The van der Waals surface area contributed by atoms with E-state index in [1.807, 2.05) is 6.92 Å². The SMILES string of the molecule is CCCCC(C(=O)NO)N1C(=O)C(=O)C(C(=O)C2CC2)C1c1ccc(C)o1. The van der Waals surface area contributed by atoms with Crippen LogP contribution in [0.4, 0.5) is 0 Å². The fourth-order valence-corrected chi connectivity index (χ4v) is 3.71. The Balaban J connectivity index is 2.05. The smallest absolute Gasteiger partial charge is 0.292 e. The van der Waals surface area contributed by atoms with Crippen LogP contribution < -0.4 is 5.48 Å². The molecule has 0 aromatic carbocycles. The molecule has 1 aromatic rings. The molecule has 1 saturated heterocycles. The Bertz CT molecular complexity index is 766. The monoisotopic (exact) mass is 376 g/mol. The summed E-state index contributed by atoms with van der Waals surface area (Å²) in [5.74, 6) is -3.25. The molecule has 8 nitrogen and oxygen atoms in total. The van der Waals surface area contributed by atoms with E-state index in [0.717, 1.165) is 11.3 Å². The minimum Gasteiger partial charge on any atom is -0.464 e. The topological polar surface area (TPSA) is 117 Å². The van der Waals surface area contributed by atoms with Gasteiger partial charge in [0.15, 0.2) is 0 Å². The maximum atomic E-state index is 12.8. The molecule has 1 aliphatic heterocycles. The lowest BCUT2D eigenvalue weighted by Gasteiger charge is -2.31. The van der Waals surface area contributed by atoms with E-state index in [9.17, 15) is 19.2 Å². The van der Waals surface area contributed by atoms with Gasteiger partial charge in [0.2, 0.25) is 5.78 Å². The van der Waals surface area contributed by atoms with Crippen molar-refractivity contribution in [2.45, 2.75) is 58.0 Å². The molecule has 2 N–H and O–H groups in total. The van der Waals surface area contributed by atoms with Gasteiger partial charge in [-0.25, -0.2) is 5.48 Å². The van der Waals surface area contributed by atoms with Gasteiger partial charge in [0.1, 0.15) is 35.3 Å². The van der Waals surface area contributed by atoms with Crippen LogP contribution in [0.2, 0.25) is 0 Å². The van der Waals surface area contributed by atoms with E-state index in [-0.39, 0.29) is 18.1 Å². The third-order valence-electron chi connectivity index (χ3n) is 5.26. The summed E-state index contributed by atoms with van der Waals surface area (Å²) < 4.78 is 5.65. The molecule has 1 saturated carbocycles. The van der Waals surface area contributed by atoms with Gasteiger partial charge in [0.05, 0.1) is 0 Å². The largest absolute Gasteiger partial charge is 0.464 e. The van der Waals surface area contributed by atoms with Crippen LogP contribution in [0.25, 0.3) is 0 Å². The summed E-state index contributed by atoms with van der Waals surface area (Å²) >= 11 is 0. The number of ketones is 2. The summed E-state index contributed by atoms with van der Waals surface area (Å²) in [5.41, 5.74) is 1.58. The van der Waals surface area contributed by atoms with Gasteiger partial charge >= 0.3 is 0 Å². The van der Waals surface area contributed by atoms with Crippen LogP contribution in [0.1, 0.15) is 56.6 Å². The highest BCUT2D eigenvalue weighted by Crippen LogP contribution is 2.44. The Labute approximate surface area is 156 Å². The molecule has 2 fully saturated rings. The molecule has 1 aromatic heterocycles. The van der Waals surface area contributed by atoms with Crippen LogP contribution in [0.5, 0.6) is 0 Å². The van der Waals surface area contributed by atoms with E-state index in [4.69, 9.17) is 9.62 Å². The predicted octanol–water partition coefficient (Wildman–Crippen LogP) is 1.70. The molecule has 0 spiro atoms. The Morgan fingerprint density at radius 2 is 2.04 bits per heavy atom. The van der Waals surface area contributed by atoms with E-state index in [1.54, 1.807) is 24.5 Å². The summed E-state index contributed by atoms with van der Waals surface area (Å²) in [7, 11) is 0. The van der Waals surface area contributed by atoms with E-state index >= 15 is 0 Å². The molecule has 2 amide bonds. The Hall–Kier alpha value is -2.48. The molecule has 3 rings (SSSR count). The van der Waals surface area contributed by atoms with Crippen molar-refractivity contribution in [3.05, 3.63) is 23.7 Å². The van der Waals surface area contributed by atoms with Crippen molar-refractivity contribution in [2.75, 3.05) is 0 Å². The van der Waals surface area contributed by atoms with Crippen LogP contribution in [-0.4, -0.2) is 39.5 Å². The van der Waals surface area contributed by atoms with Crippen molar-refractivity contribution in [3.63, 3.8) is 0 Å². The van der Waals surface area contributed by atoms with Crippen LogP contribution in [-0.2, 0) is 19.2 Å². The fourth-order valence-electron chi connectivity index (χ4n) is 3.71. The molecule has 8 heteroatoms. The molecule has 2 aliphatic rings. The van der Waals surface area contributed by atoms with Crippen LogP contribution in [0, 0.1) is 18.8 Å². The fraction of sp³-hybridized carbons (Fsp3) is 0.579. The van der Waals surface area contributed by atoms with Crippen LogP contribution in [0.15, 0.2) is 16.5 Å². The van der Waals surface area contributed by atoms with Crippen molar-refractivity contribution in [1.82, 2.24) is 10.4 Å². The number of hydrogen-bond donors (Lipinski definition) is 2. The summed E-state index contributed by atoms with van der Waals surface area (Å²) in [5, 5.41) is 9.14. The number of amides is 2. The maximum Gasteiger partial charge on any atom is 0.292 e. The number of hydroxylamine groups is 1. The first kappa shape index (κ1) is 19.3. The predicted molar refractivity (Wildman–Crippen MR) is 92.5 cm³/mol. The van der Waals surface area contributed by atoms with Crippen molar-refractivity contribution in [2.24, 2.45) is 11.8 Å². The van der Waals surface area contributed by atoms with E-state index < -0.39 is 35.6 Å². The standard InChI is InChI=1S/C19H24N2O6/c1-3-4-5-12(18(24)20-26)21-15(13-9-6-10(2)27-13)14(17(23)19(21)25)16(22)11-7-8-11/h6,9,11-12,14-15,26H,3-5,7-8H2,1-2H3,(H,20,24). The molecule has 2 heterocycles. The second-order valence-corrected chi connectivity index (χ2v) is 7.26. The zero-order valence-electron chi connectivity index (χ0n) is 15.4. The first-order chi connectivity index (χ1) is 12.9. The van der Waals surface area contributed by atoms with E-state index in [0.29, 0.717) is 30.8 Å². The number of carbonyl (C=O) groups excluding carboxylic acids is 4. The molecule has 0 radical (unpaired) electrons. The maximum absolute atomic E-state index is 12.8. The third-order valence-corrected chi connectivity index (χ3v) is 5.26. The number of aryl methyl sites for hydroxylation is 1. The molecule has 0 bridgehead atoms. The Kier molecular flexibility index (Phi) is 5.46. The Morgan fingerprint density at radius 1 is 1.33 bits per heavy atom. The average molecular weight is 376 g/mol. The zero-order valence-corrected chi connectivity index (χ0v) is 15.4. The van der Waals surface area contributed by atoms with Gasteiger partial charge in [0, 0.05) is 5.92 Å². The normalized spacial score (nSPS) is 23.6. The molecule has 3 atom stereocenters. The van der Waals surface area contributed by atoms with Crippen LogP contribution >= 0.6 is 0 Å². The van der Waals surface area contributed by atoms with E-state index in [2.05, 4.69) is 0 Å². The number of nitrogens with zero attached hydrogens (tertiary/aromatic N) is 1. The van der Waals surface area contributed by atoms with Gasteiger partial charge in [-0.15, -0.1) is 0 Å². The lowest BCUT2D eigenvalue weighted by molar-refractivity contribution is -0.147. The van der Waals surface area contributed by atoms with Crippen molar-refractivity contribution in [3.8, 4) is 0 Å². The van der Waals surface area contributed by atoms with Gasteiger partial charge < -0.3 is 9.32 Å². The zero-order chi connectivity index (χ0) is 19.7. The summed E-state index contributed by atoms with van der Waals surface area (Å²) in [6, 6.07) is 1.29. The summed E-state index contributed by atoms with van der Waals surface area (Å²) in [6.07, 6.45) is 3.05.